The van der Waals surface area contributed by atoms with Crippen LogP contribution in [0.15, 0.2) is 24.3 Å². The number of ether oxygens (including phenoxy) is 2. The molecular weight excluding hydrogens is 284 g/mol. The first-order valence-corrected chi connectivity index (χ1v) is 6.61. The van der Waals surface area contributed by atoms with E-state index in [1.54, 1.807) is 18.2 Å². The van der Waals surface area contributed by atoms with Crippen LogP contribution < -0.4 is 4.74 Å². The molecule has 1 N–H and O–H groups in total. The van der Waals surface area contributed by atoms with Crippen LogP contribution in [-0.2, 0) is 9.53 Å². The van der Waals surface area contributed by atoms with E-state index in [-0.39, 0.29) is 18.3 Å². The summed E-state index contributed by atoms with van der Waals surface area (Å²) in [6.07, 6.45) is -0.899. The number of aliphatic carboxylic acids is 1. The normalized spacial score (nSPS) is 21.2. The number of hydrogen-bond acceptors (Lipinski definition) is 4. The van der Waals surface area contributed by atoms with Crippen LogP contribution in [-0.4, -0.2) is 48.4 Å². The SMILES string of the molecule is CC(c1ccccc1OC(F)F)N1CCOC(C(=O)O)C1. The number of carboxylic acids is 1. The quantitative estimate of drug-likeness (QED) is 0.903. The Labute approximate surface area is 121 Å². The number of halogens is 2. The van der Waals surface area contributed by atoms with Gasteiger partial charge in [-0.1, -0.05) is 18.2 Å². The van der Waals surface area contributed by atoms with Gasteiger partial charge in [0.05, 0.1) is 6.61 Å². The zero-order valence-electron chi connectivity index (χ0n) is 11.5. The highest BCUT2D eigenvalue weighted by molar-refractivity contribution is 5.72. The molecule has 2 unspecified atom stereocenters. The van der Waals surface area contributed by atoms with Crippen molar-refractivity contribution in [1.82, 2.24) is 4.90 Å². The molecular formula is C14H17F2NO4. The monoisotopic (exact) mass is 301 g/mol. The lowest BCUT2D eigenvalue weighted by molar-refractivity contribution is -0.157. The third-order valence-electron chi connectivity index (χ3n) is 3.51. The third-order valence-corrected chi connectivity index (χ3v) is 3.51. The van der Waals surface area contributed by atoms with Crippen LogP contribution >= 0.6 is 0 Å². The number of rotatable bonds is 5. The maximum absolute atomic E-state index is 12.4. The van der Waals surface area contributed by atoms with E-state index in [0.717, 1.165) is 0 Å². The van der Waals surface area contributed by atoms with E-state index in [9.17, 15) is 13.6 Å². The molecule has 0 bridgehead atoms. The molecule has 116 valence electrons. The summed E-state index contributed by atoms with van der Waals surface area (Å²) < 4.78 is 34.6. The first-order valence-electron chi connectivity index (χ1n) is 6.61. The average Bonchev–Trinajstić information content (AvgIpc) is 2.46. The van der Waals surface area contributed by atoms with Crippen LogP contribution in [0.5, 0.6) is 5.75 Å². The Bertz CT molecular complexity index is 498. The van der Waals surface area contributed by atoms with E-state index in [1.165, 1.54) is 6.07 Å². The highest BCUT2D eigenvalue weighted by atomic mass is 19.3. The van der Waals surface area contributed by atoms with Crippen molar-refractivity contribution in [3.8, 4) is 5.75 Å². The van der Waals surface area contributed by atoms with Crippen molar-refractivity contribution in [3.05, 3.63) is 29.8 Å². The second kappa shape index (κ2) is 6.82. The van der Waals surface area contributed by atoms with E-state index < -0.39 is 18.7 Å². The van der Waals surface area contributed by atoms with Crippen molar-refractivity contribution in [2.75, 3.05) is 19.7 Å². The summed E-state index contributed by atoms with van der Waals surface area (Å²) in [5.74, 6) is -0.914. The summed E-state index contributed by atoms with van der Waals surface area (Å²) in [5.41, 5.74) is 0.601. The molecule has 5 nitrogen and oxygen atoms in total. The fourth-order valence-corrected chi connectivity index (χ4v) is 2.40. The summed E-state index contributed by atoms with van der Waals surface area (Å²) in [4.78, 5) is 12.9. The molecule has 1 aliphatic heterocycles. The van der Waals surface area contributed by atoms with Gasteiger partial charge in [-0.2, -0.15) is 8.78 Å². The fraction of sp³-hybridized carbons (Fsp3) is 0.500. The highest BCUT2D eigenvalue weighted by Crippen LogP contribution is 2.31. The van der Waals surface area contributed by atoms with Gasteiger partial charge in [0, 0.05) is 24.7 Å². The smallest absolute Gasteiger partial charge is 0.387 e. The molecule has 0 spiro atoms. The first kappa shape index (κ1) is 15.7. The van der Waals surface area contributed by atoms with Gasteiger partial charge in [-0.3, -0.25) is 4.90 Å². The molecule has 1 saturated heterocycles. The van der Waals surface area contributed by atoms with Gasteiger partial charge in [0.1, 0.15) is 5.75 Å². The van der Waals surface area contributed by atoms with Crippen molar-refractivity contribution in [3.63, 3.8) is 0 Å². The minimum atomic E-state index is -2.89. The number of hydrogen-bond donors (Lipinski definition) is 1. The number of alkyl halides is 2. The number of carbonyl (C=O) groups is 1. The van der Waals surface area contributed by atoms with Gasteiger partial charge in [-0.25, -0.2) is 4.79 Å². The van der Waals surface area contributed by atoms with Crippen molar-refractivity contribution < 1.29 is 28.2 Å². The van der Waals surface area contributed by atoms with Crippen LogP contribution in [0.2, 0.25) is 0 Å². The Morgan fingerprint density at radius 2 is 2.19 bits per heavy atom. The van der Waals surface area contributed by atoms with Gasteiger partial charge in [0.25, 0.3) is 0 Å². The molecule has 0 aromatic heterocycles. The molecule has 1 aromatic rings. The standard InChI is InChI=1S/C14H17F2NO4/c1-9(17-6-7-20-12(8-17)13(18)19)10-4-2-3-5-11(10)21-14(15)16/h2-5,9,12,14H,6-8H2,1H3,(H,18,19). The Kier molecular flexibility index (Phi) is 5.08. The molecule has 0 aliphatic carbocycles. The Hall–Kier alpha value is -1.73. The molecule has 21 heavy (non-hydrogen) atoms. The minimum Gasteiger partial charge on any atom is -0.479 e. The summed E-state index contributed by atoms with van der Waals surface area (Å²) >= 11 is 0. The molecule has 2 rings (SSSR count). The van der Waals surface area contributed by atoms with Crippen molar-refractivity contribution in [1.29, 1.82) is 0 Å². The lowest BCUT2D eigenvalue weighted by Crippen LogP contribution is -2.46. The third kappa shape index (κ3) is 3.89. The molecule has 1 aliphatic rings. The zero-order chi connectivity index (χ0) is 15.4. The second-order valence-corrected chi connectivity index (χ2v) is 4.78. The van der Waals surface area contributed by atoms with Crippen molar-refractivity contribution >= 4 is 5.97 Å². The number of carboxylic acid groups (broad SMARTS) is 1. The fourth-order valence-electron chi connectivity index (χ4n) is 2.40. The maximum Gasteiger partial charge on any atom is 0.387 e. The number of para-hydroxylation sites is 1. The Morgan fingerprint density at radius 3 is 2.86 bits per heavy atom. The largest absolute Gasteiger partial charge is 0.479 e. The molecule has 0 saturated carbocycles. The zero-order valence-corrected chi connectivity index (χ0v) is 11.5. The van der Waals surface area contributed by atoms with Gasteiger partial charge < -0.3 is 14.6 Å². The van der Waals surface area contributed by atoms with E-state index in [0.29, 0.717) is 18.7 Å². The van der Waals surface area contributed by atoms with E-state index in [1.807, 2.05) is 11.8 Å². The molecule has 1 fully saturated rings. The summed E-state index contributed by atoms with van der Waals surface area (Å²) in [6, 6.07) is 6.29. The predicted octanol–water partition coefficient (Wildman–Crippen LogP) is 2.13. The minimum absolute atomic E-state index is 0.110. The van der Waals surface area contributed by atoms with Crippen LogP contribution in [0.4, 0.5) is 8.78 Å². The maximum atomic E-state index is 12.4. The van der Waals surface area contributed by atoms with E-state index in [2.05, 4.69) is 4.74 Å². The molecule has 1 aromatic carbocycles. The van der Waals surface area contributed by atoms with Gasteiger partial charge in [0.15, 0.2) is 6.10 Å². The second-order valence-electron chi connectivity index (χ2n) is 4.78. The van der Waals surface area contributed by atoms with Crippen LogP contribution in [0.25, 0.3) is 0 Å². The predicted molar refractivity (Wildman–Crippen MR) is 70.4 cm³/mol. The molecule has 1 heterocycles. The Morgan fingerprint density at radius 1 is 1.48 bits per heavy atom. The number of nitrogens with zero attached hydrogens (tertiary/aromatic N) is 1. The van der Waals surface area contributed by atoms with Crippen LogP contribution in [0.1, 0.15) is 18.5 Å². The van der Waals surface area contributed by atoms with Gasteiger partial charge in [0.2, 0.25) is 0 Å². The number of benzene rings is 1. The summed E-state index contributed by atoms with van der Waals surface area (Å²) in [7, 11) is 0. The van der Waals surface area contributed by atoms with Crippen molar-refractivity contribution in [2.45, 2.75) is 25.7 Å². The molecule has 2 atom stereocenters. The van der Waals surface area contributed by atoms with Gasteiger partial charge in [-0.05, 0) is 13.0 Å². The summed E-state index contributed by atoms with van der Waals surface area (Å²) in [6.45, 7) is -0.0281. The Balaban J connectivity index is 2.15. The van der Waals surface area contributed by atoms with Crippen LogP contribution in [0.3, 0.4) is 0 Å². The lowest BCUT2D eigenvalue weighted by atomic mass is 10.0. The van der Waals surface area contributed by atoms with Crippen LogP contribution in [0, 0.1) is 0 Å². The molecule has 0 amide bonds. The average molecular weight is 301 g/mol. The summed E-state index contributed by atoms with van der Waals surface area (Å²) in [5, 5.41) is 9.01. The van der Waals surface area contributed by atoms with Gasteiger partial charge in [-0.15, -0.1) is 0 Å². The highest BCUT2D eigenvalue weighted by Gasteiger charge is 2.30. The first-order chi connectivity index (χ1) is 9.99. The van der Waals surface area contributed by atoms with Crippen molar-refractivity contribution in [2.24, 2.45) is 0 Å². The topological polar surface area (TPSA) is 59.0 Å². The van der Waals surface area contributed by atoms with Gasteiger partial charge >= 0.3 is 12.6 Å². The van der Waals surface area contributed by atoms with E-state index >= 15 is 0 Å². The van der Waals surface area contributed by atoms with E-state index in [4.69, 9.17) is 9.84 Å². The lowest BCUT2D eigenvalue weighted by Gasteiger charge is -2.35. The number of morpholine rings is 1. The molecule has 0 radical (unpaired) electrons. The molecule has 7 heteroatoms.